The topological polar surface area (TPSA) is 49.6 Å². The average molecular weight is 297 g/mol. The van der Waals surface area contributed by atoms with Crippen LogP contribution in [0.2, 0.25) is 0 Å². The summed E-state index contributed by atoms with van der Waals surface area (Å²) in [5.74, 6) is 0.196. The normalized spacial score (nSPS) is 24.8. The molecule has 2 aliphatic rings. The zero-order chi connectivity index (χ0) is 14.6. The van der Waals surface area contributed by atoms with Crippen LogP contribution < -0.4 is 5.73 Å². The molecule has 1 aliphatic carbocycles. The van der Waals surface area contributed by atoms with E-state index in [0.717, 1.165) is 58.3 Å². The number of hydrogen-bond donors (Lipinski definition) is 1. The highest BCUT2D eigenvalue weighted by atomic mass is 32.1. The van der Waals surface area contributed by atoms with Crippen LogP contribution in [0.5, 0.6) is 0 Å². The maximum atomic E-state index is 13.1. The van der Waals surface area contributed by atoms with E-state index in [-0.39, 0.29) is 5.91 Å². The van der Waals surface area contributed by atoms with Crippen molar-refractivity contribution in [3.05, 3.63) is 0 Å². The monoisotopic (exact) mass is 297 g/mol. The number of hydrogen-bond acceptors (Lipinski definition) is 3. The predicted molar refractivity (Wildman–Crippen MR) is 85.6 cm³/mol. The fourth-order valence-corrected chi connectivity index (χ4v) is 3.74. The maximum absolute atomic E-state index is 13.1. The van der Waals surface area contributed by atoms with Gasteiger partial charge in [-0.1, -0.05) is 37.9 Å². The lowest BCUT2D eigenvalue weighted by atomic mass is 9.78. The summed E-state index contributed by atoms with van der Waals surface area (Å²) in [4.78, 5) is 17.8. The van der Waals surface area contributed by atoms with Crippen molar-refractivity contribution in [3.63, 3.8) is 0 Å². The molecule has 0 radical (unpaired) electrons. The molecule has 5 heteroatoms. The van der Waals surface area contributed by atoms with Gasteiger partial charge in [-0.2, -0.15) is 0 Å². The first-order valence-electron chi connectivity index (χ1n) is 7.84. The summed E-state index contributed by atoms with van der Waals surface area (Å²) in [6.45, 7) is 3.65. The van der Waals surface area contributed by atoms with Crippen LogP contribution in [-0.4, -0.2) is 53.9 Å². The Hall–Kier alpha value is -0.680. The Morgan fingerprint density at radius 3 is 2.25 bits per heavy atom. The second kappa shape index (κ2) is 6.85. The van der Waals surface area contributed by atoms with Gasteiger partial charge in [0.05, 0.1) is 10.4 Å². The van der Waals surface area contributed by atoms with Crippen molar-refractivity contribution >= 4 is 23.1 Å². The summed E-state index contributed by atoms with van der Waals surface area (Å²) in [5, 5.41) is 0. The minimum atomic E-state index is -0.561. The Labute approximate surface area is 127 Å². The molecule has 1 heterocycles. The Kier molecular flexibility index (Phi) is 5.38. The van der Waals surface area contributed by atoms with E-state index in [4.69, 9.17) is 18.0 Å². The van der Waals surface area contributed by atoms with Gasteiger partial charge in [0.15, 0.2) is 0 Å². The third-order valence-corrected chi connectivity index (χ3v) is 5.24. The second-order valence-electron chi connectivity index (χ2n) is 6.31. The Morgan fingerprint density at radius 1 is 1.00 bits per heavy atom. The van der Waals surface area contributed by atoms with E-state index >= 15 is 0 Å². The van der Waals surface area contributed by atoms with Gasteiger partial charge in [-0.15, -0.1) is 0 Å². The molecule has 0 aromatic heterocycles. The molecule has 1 saturated carbocycles. The molecule has 2 rings (SSSR count). The van der Waals surface area contributed by atoms with Crippen LogP contribution in [-0.2, 0) is 4.79 Å². The van der Waals surface area contributed by atoms with Crippen molar-refractivity contribution in [2.75, 3.05) is 33.2 Å². The molecule has 1 aliphatic heterocycles. The van der Waals surface area contributed by atoms with Gasteiger partial charge in [0, 0.05) is 19.6 Å². The van der Waals surface area contributed by atoms with Crippen LogP contribution in [0.15, 0.2) is 0 Å². The molecule has 1 saturated heterocycles. The number of carbonyl (C=O) groups excluding carboxylic acids is 1. The molecule has 2 fully saturated rings. The lowest BCUT2D eigenvalue weighted by Gasteiger charge is -2.35. The van der Waals surface area contributed by atoms with Gasteiger partial charge in [-0.05, 0) is 32.9 Å². The van der Waals surface area contributed by atoms with Crippen molar-refractivity contribution in [2.45, 2.75) is 44.9 Å². The fourth-order valence-electron chi connectivity index (χ4n) is 3.45. The van der Waals surface area contributed by atoms with E-state index in [2.05, 4.69) is 11.9 Å². The SMILES string of the molecule is CN1CCCN(C(=O)C2(C(N)=S)CCCCCC2)CC1. The van der Waals surface area contributed by atoms with Crippen molar-refractivity contribution in [1.29, 1.82) is 0 Å². The molecule has 0 spiro atoms. The highest BCUT2D eigenvalue weighted by Crippen LogP contribution is 2.37. The Morgan fingerprint density at radius 2 is 1.65 bits per heavy atom. The molecule has 0 aromatic rings. The lowest BCUT2D eigenvalue weighted by Crippen LogP contribution is -2.51. The minimum absolute atomic E-state index is 0.196. The predicted octanol–water partition coefficient (Wildman–Crippen LogP) is 1.78. The van der Waals surface area contributed by atoms with E-state index in [1.54, 1.807) is 0 Å². The number of rotatable bonds is 2. The Bertz CT molecular complexity index is 364. The van der Waals surface area contributed by atoms with E-state index in [1.807, 2.05) is 4.90 Å². The molecule has 4 nitrogen and oxygen atoms in total. The summed E-state index contributed by atoms with van der Waals surface area (Å²) in [7, 11) is 2.11. The standard InChI is InChI=1S/C15H27N3OS/c1-17-9-6-10-18(12-11-17)14(19)15(13(16)20)7-4-2-3-5-8-15/h2-12H2,1H3,(H2,16,20). The third kappa shape index (κ3) is 3.31. The zero-order valence-corrected chi connectivity index (χ0v) is 13.4. The second-order valence-corrected chi connectivity index (χ2v) is 6.75. The molecule has 0 atom stereocenters. The first kappa shape index (κ1) is 15.7. The van der Waals surface area contributed by atoms with Crippen LogP contribution in [0.4, 0.5) is 0 Å². The van der Waals surface area contributed by atoms with E-state index in [0.29, 0.717) is 4.99 Å². The van der Waals surface area contributed by atoms with Crippen molar-refractivity contribution in [1.82, 2.24) is 9.80 Å². The summed E-state index contributed by atoms with van der Waals surface area (Å²) >= 11 is 5.31. The summed E-state index contributed by atoms with van der Waals surface area (Å²) in [5.41, 5.74) is 5.46. The highest BCUT2D eigenvalue weighted by Gasteiger charge is 2.43. The minimum Gasteiger partial charge on any atom is -0.392 e. The number of likely N-dealkylation sites (N-methyl/N-ethyl adjacent to an activating group) is 1. The van der Waals surface area contributed by atoms with Crippen LogP contribution in [0.1, 0.15) is 44.9 Å². The van der Waals surface area contributed by atoms with Gasteiger partial charge >= 0.3 is 0 Å². The fraction of sp³-hybridized carbons (Fsp3) is 0.867. The molecule has 2 N–H and O–H groups in total. The first-order chi connectivity index (χ1) is 9.56. The molecule has 20 heavy (non-hydrogen) atoms. The summed E-state index contributed by atoms with van der Waals surface area (Å²) in [6.07, 6.45) is 7.24. The molecule has 0 bridgehead atoms. The van der Waals surface area contributed by atoms with Crippen LogP contribution in [0.25, 0.3) is 0 Å². The van der Waals surface area contributed by atoms with Gasteiger partial charge in [0.25, 0.3) is 0 Å². The number of nitrogens with zero attached hydrogens (tertiary/aromatic N) is 2. The number of nitrogens with two attached hydrogens (primary N) is 1. The van der Waals surface area contributed by atoms with E-state index in [1.165, 1.54) is 12.8 Å². The maximum Gasteiger partial charge on any atom is 0.235 e. The third-order valence-electron chi connectivity index (χ3n) is 4.84. The summed E-state index contributed by atoms with van der Waals surface area (Å²) < 4.78 is 0. The molecule has 0 aromatic carbocycles. The molecular weight excluding hydrogens is 270 g/mol. The first-order valence-corrected chi connectivity index (χ1v) is 8.25. The van der Waals surface area contributed by atoms with Gasteiger partial charge in [0.1, 0.15) is 0 Å². The number of amides is 1. The van der Waals surface area contributed by atoms with Crippen LogP contribution in [0.3, 0.4) is 0 Å². The molecule has 114 valence electrons. The summed E-state index contributed by atoms with van der Waals surface area (Å²) in [6, 6.07) is 0. The van der Waals surface area contributed by atoms with E-state index in [9.17, 15) is 4.79 Å². The lowest BCUT2D eigenvalue weighted by molar-refractivity contribution is -0.138. The van der Waals surface area contributed by atoms with Gasteiger partial charge in [-0.3, -0.25) is 4.79 Å². The van der Waals surface area contributed by atoms with Crippen molar-refractivity contribution < 1.29 is 4.79 Å². The largest absolute Gasteiger partial charge is 0.392 e. The van der Waals surface area contributed by atoms with Gasteiger partial charge < -0.3 is 15.5 Å². The highest BCUT2D eigenvalue weighted by molar-refractivity contribution is 7.80. The molecular formula is C15H27N3OS. The molecule has 0 unspecified atom stereocenters. The quantitative estimate of drug-likeness (QED) is 0.623. The number of thiocarbonyl (C=S) groups is 1. The molecule has 1 amide bonds. The zero-order valence-electron chi connectivity index (χ0n) is 12.6. The smallest absolute Gasteiger partial charge is 0.235 e. The van der Waals surface area contributed by atoms with Crippen molar-refractivity contribution in [3.8, 4) is 0 Å². The van der Waals surface area contributed by atoms with Crippen LogP contribution in [0, 0.1) is 5.41 Å². The van der Waals surface area contributed by atoms with Gasteiger partial charge in [-0.25, -0.2) is 0 Å². The Balaban J connectivity index is 2.15. The van der Waals surface area contributed by atoms with E-state index < -0.39 is 5.41 Å². The number of carbonyl (C=O) groups is 1. The van der Waals surface area contributed by atoms with Gasteiger partial charge in [0.2, 0.25) is 5.91 Å². The average Bonchev–Trinajstić information content (AvgIpc) is 2.78. The van der Waals surface area contributed by atoms with Crippen LogP contribution >= 0.6 is 12.2 Å². The van der Waals surface area contributed by atoms with Crippen molar-refractivity contribution in [2.24, 2.45) is 11.1 Å².